The highest BCUT2D eigenvalue weighted by molar-refractivity contribution is 5.27. The van der Waals surface area contributed by atoms with Crippen LogP contribution >= 0.6 is 0 Å². The van der Waals surface area contributed by atoms with Crippen molar-refractivity contribution in [2.75, 3.05) is 0 Å². The maximum Gasteiger partial charge on any atom is 0.419 e. The highest BCUT2D eigenvalue weighted by atomic mass is 19.4. The van der Waals surface area contributed by atoms with Crippen LogP contribution in [0.3, 0.4) is 0 Å². The highest BCUT2D eigenvalue weighted by Crippen LogP contribution is 2.31. The summed E-state index contributed by atoms with van der Waals surface area (Å²) in [5.74, 6) is -1.26. The van der Waals surface area contributed by atoms with E-state index >= 15 is 0 Å². The van der Waals surface area contributed by atoms with E-state index in [1.807, 2.05) is 0 Å². The first kappa shape index (κ1) is 14.3. The number of rotatable bonds is 4. The van der Waals surface area contributed by atoms with E-state index in [-0.39, 0.29) is 12.6 Å². The van der Waals surface area contributed by atoms with Gasteiger partial charge in [0.2, 0.25) is 0 Å². The number of hydrogen-bond acceptors (Lipinski definition) is 2. The monoisotopic (exact) mass is 277 g/mol. The molecule has 1 aromatic rings. The first-order valence-electron chi connectivity index (χ1n) is 6.21. The summed E-state index contributed by atoms with van der Waals surface area (Å²) in [5.41, 5.74) is 1.75. The van der Waals surface area contributed by atoms with Crippen molar-refractivity contribution >= 4 is 0 Å². The first-order valence-corrected chi connectivity index (χ1v) is 6.21. The molecule has 1 aromatic carbocycles. The fourth-order valence-electron chi connectivity index (χ4n) is 2.15. The number of benzene rings is 1. The van der Waals surface area contributed by atoms with Gasteiger partial charge in [-0.1, -0.05) is 18.9 Å². The van der Waals surface area contributed by atoms with E-state index in [1.165, 1.54) is 6.07 Å². The predicted octanol–water partition coefficient (Wildman–Crippen LogP) is 3.81. The van der Waals surface area contributed by atoms with Crippen molar-refractivity contribution in [3.8, 4) is 0 Å². The Hall–Kier alpha value is -1.14. The Morgan fingerprint density at radius 3 is 2.53 bits per heavy atom. The lowest BCUT2D eigenvalue weighted by Gasteiger charge is -2.13. The molecule has 2 nitrogen and oxygen atoms in total. The van der Waals surface area contributed by atoms with Crippen LogP contribution in [0.15, 0.2) is 18.2 Å². The van der Waals surface area contributed by atoms with Crippen LogP contribution in [0.1, 0.15) is 36.8 Å². The van der Waals surface area contributed by atoms with Crippen LogP contribution < -0.4 is 5.48 Å². The maximum absolute atomic E-state index is 13.1. The molecule has 0 saturated heterocycles. The van der Waals surface area contributed by atoms with Crippen molar-refractivity contribution in [3.63, 3.8) is 0 Å². The smallest absolute Gasteiger partial charge is 0.298 e. The molecule has 0 amide bonds. The molecule has 0 unspecified atom stereocenters. The number of hydrogen-bond donors (Lipinski definition) is 1. The summed E-state index contributed by atoms with van der Waals surface area (Å²) in [6.07, 6.45) is -0.397. The third-order valence-corrected chi connectivity index (χ3v) is 3.16. The number of alkyl halides is 3. The second-order valence-corrected chi connectivity index (χ2v) is 4.66. The Morgan fingerprint density at radius 2 is 1.89 bits per heavy atom. The fraction of sp³-hybridized carbons (Fsp3) is 0.538. The van der Waals surface area contributed by atoms with Crippen LogP contribution in [0.5, 0.6) is 0 Å². The van der Waals surface area contributed by atoms with E-state index in [4.69, 9.17) is 4.84 Å². The lowest BCUT2D eigenvalue weighted by atomic mass is 10.1. The van der Waals surface area contributed by atoms with Gasteiger partial charge in [-0.3, -0.25) is 4.84 Å². The molecule has 0 radical (unpaired) electrons. The SMILES string of the molecule is Fc1ccc(CNOC2CCCC2)cc1C(F)(F)F. The zero-order valence-electron chi connectivity index (χ0n) is 10.3. The summed E-state index contributed by atoms with van der Waals surface area (Å²) in [5, 5.41) is 0. The zero-order chi connectivity index (χ0) is 13.9. The second-order valence-electron chi connectivity index (χ2n) is 4.66. The molecule has 1 aliphatic carbocycles. The molecule has 0 aliphatic heterocycles. The molecule has 0 aromatic heterocycles. The predicted molar refractivity (Wildman–Crippen MR) is 61.6 cm³/mol. The Morgan fingerprint density at radius 1 is 1.21 bits per heavy atom. The average molecular weight is 277 g/mol. The van der Waals surface area contributed by atoms with Crippen LogP contribution in [0, 0.1) is 5.82 Å². The van der Waals surface area contributed by atoms with Crippen molar-refractivity contribution in [1.82, 2.24) is 5.48 Å². The van der Waals surface area contributed by atoms with E-state index in [2.05, 4.69) is 5.48 Å². The van der Waals surface area contributed by atoms with Gasteiger partial charge < -0.3 is 0 Å². The molecule has 0 spiro atoms. The van der Waals surface area contributed by atoms with Crippen LogP contribution in [0.4, 0.5) is 17.6 Å². The van der Waals surface area contributed by atoms with Gasteiger partial charge in [0.15, 0.2) is 0 Å². The minimum absolute atomic E-state index is 0.125. The summed E-state index contributed by atoms with van der Waals surface area (Å²) in [6.45, 7) is 0.125. The fourth-order valence-corrected chi connectivity index (χ4v) is 2.15. The van der Waals surface area contributed by atoms with Crippen molar-refractivity contribution in [2.45, 2.75) is 44.5 Å². The van der Waals surface area contributed by atoms with Crippen LogP contribution in [0.2, 0.25) is 0 Å². The summed E-state index contributed by atoms with van der Waals surface area (Å²) in [4.78, 5) is 5.34. The van der Waals surface area contributed by atoms with Crippen molar-refractivity contribution in [2.24, 2.45) is 0 Å². The number of nitrogens with one attached hydrogen (secondary N) is 1. The van der Waals surface area contributed by atoms with Crippen LogP contribution in [-0.4, -0.2) is 6.10 Å². The molecule has 6 heteroatoms. The molecule has 1 saturated carbocycles. The summed E-state index contributed by atoms with van der Waals surface area (Å²) in [7, 11) is 0. The van der Waals surface area contributed by atoms with E-state index in [1.54, 1.807) is 0 Å². The molecule has 1 aliphatic rings. The van der Waals surface area contributed by atoms with E-state index in [0.717, 1.165) is 37.8 Å². The van der Waals surface area contributed by atoms with Gasteiger partial charge in [0.25, 0.3) is 0 Å². The Labute approximate surface area is 108 Å². The lowest BCUT2D eigenvalue weighted by Crippen LogP contribution is -2.21. The molecule has 2 rings (SSSR count). The van der Waals surface area contributed by atoms with Crippen LogP contribution in [0.25, 0.3) is 0 Å². The van der Waals surface area contributed by atoms with E-state index < -0.39 is 17.6 Å². The Bertz CT molecular complexity index is 427. The zero-order valence-corrected chi connectivity index (χ0v) is 10.3. The van der Waals surface area contributed by atoms with E-state index in [0.29, 0.717) is 5.56 Å². The molecule has 106 valence electrons. The van der Waals surface area contributed by atoms with Gasteiger partial charge in [0.1, 0.15) is 5.82 Å². The van der Waals surface area contributed by atoms with Gasteiger partial charge >= 0.3 is 6.18 Å². The third-order valence-electron chi connectivity index (χ3n) is 3.16. The molecule has 19 heavy (non-hydrogen) atoms. The van der Waals surface area contributed by atoms with Gasteiger partial charge in [-0.15, -0.1) is 0 Å². The van der Waals surface area contributed by atoms with Gasteiger partial charge in [-0.25, -0.2) is 4.39 Å². The lowest BCUT2D eigenvalue weighted by molar-refractivity contribution is -0.140. The van der Waals surface area contributed by atoms with Crippen molar-refractivity contribution in [1.29, 1.82) is 0 Å². The number of hydroxylamine groups is 1. The summed E-state index contributed by atoms with van der Waals surface area (Å²) < 4.78 is 50.6. The largest absolute Gasteiger partial charge is 0.419 e. The normalized spacial score (nSPS) is 17.1. The first-order chi connectivity index (χ1) is 8.97. The number of halogens is 4. The van der Waals surface area contributed by atoms with Gasteiger partial charge in [-0.05, 0) is 30.5 Å². The van der Waals surface area contributed by atoms with Crippen LogP contribution in [-0.2, 0) is 17.6 Å². The van der Waals surface area contributed by atoms with Gasteiger partial charge in [0.05, 0.1) is 11.7 Å². The average Bonchev–Trinajstić information content (AvgIpc) is 2.83. The standard InChI is InChI=1S/C13H15F4NO/c14-12-6-5-9(7-11(12)13(15,16)17)8-18-19-10-3-1-2-4-10/h5-7,10,18H,1-4,8H2. The molecule has 0 heterocycles. The van der Waals surface area contributed by atoms with Crippen molar-refractivity contribution in [3.05, 3.63) is 35.1 Å². The van der Waals surface area contributed by atoms with Gasteiger partial charge in [-0.2, -0.15) is 18.7 Å². The molecule has 0 bridgehead atoms. The third kappa shape index (κ3) is 3.91. The minimum atomic E-state index is -4.67. The van der Waals surface area contributed by atoms with Crippen molar-refractivity contribution < 1.29 is 22.4 Å². The molecular weight excluding hydrogens is 262 g/mol. The Kier molecular flexibility index (Phi) is 4.42. The molecule has 0 atom stereocenters. The second kappa shape index (κ2) is 5.88. The maximum atomic E-state index is 13.1. The quantitative estimate of drug-likeness (QED) is 0.667. The molecular formula is C13H15F4NO. The molecule has 1 fully saturated rings. The summed E-state index contributed by atoms with van der Waals surface area (Å²) >= 11 is 0. The highest BCUT2D eigenvalue weighted by Gasteiger charge is 2.34. The Balaban J connectivity index is 1.93. The summed E-state index contributed by atoms with van der Waals surface area (Å²) in [6, 6.07) is 2.95. The van der Waals surface area contributed by atoms with E-state index in [9.17, 15) is 17.6 Å². The topological polar surface area (TPSA) is 21.3 Å². The van der Waals surface area contributed by atoms with Gasteiger partial charge in [0, 0.05) is 6.54 Å². The molecule has 1 N–H and O–H groups in total. The minimum Gasteiger partial charge on any atom is -0.298 e.